The lowest BCUT2D eigenvalue weighted by molar-refractivity contribution is -0.870. The molecular weight excluding hydrogens is 856 g/mol. The summed E-state index contributed by atoms with van der Waals surface area (Å²) in [5.74, 6) is -0.268. The van der Waals surface area contributed by atoms with Crippen LogP contribution in [0.4, 0.5) is 0 Å². The smallest absolute Gasteiger partial charge is 0.390 e. The van der Waals surface area contributed by atoms with Gasteiger partial charge in [0.15, 0.2) is 0 Å². The summed E-state index contributed by atoms with van der Waals surface area (Å²) in [5, 5.41) is 24.7. The molecule has 392 valence electrons. The van der Waals surface area contributed by atoms with Crippen LogP contribution in [0.15, 0.2) is 60.8 Å². The Morgan fingerprint density at radius 2 is 0.925 bits per heavy atom. The van der Waals surface area contributed by atoms with Crippen LogP contribution in [0.25, 0.3) is 0 Å². The van der Waals surface area contributed by atoms with Crippen molar-refractivity contribution in [3.05, 3.63) is 60.8 Å². The van der Waals surface area contributed by atoms with Crippen LogP contribution in [-0.4, -0.2) is 84.6 Å². The first-order chi connectivity index (χ1) is 32.4. The van der Waals surface area contributed by atoms with E-state index in [1.807, 2.05) is 21.1 Å². The molecule has 0 saturated carbocycles. The summed E-state index contributed by atoms with van der Waals surface area (Å²) < 4.78 is 23.6. The van der Waals surface area contributed by atoms with Gasteiger partial charge in [-0.3, -0.25) is 13.8 Å². The molecule has 9 nitrogen and oxygen atoms in total. The van der Waals surface area contributed by atoms with E-state index in [-0.39, 0.29) is 18.9 Å². The summed E-state index contributed by atoms with van der Waals surface area (Å²) in [5.41, 5.74) is 0. The van der Waals surface area contributed by atoms with Gasteiger partial charge in [0.05, 0.1) is 39.9 Å². The molecule has 0 heterocycles. The van der Waals surface area contributed by atoms with Gasteiger partial charge in [-0.25, -0.2) is 4.57 Å². The number of carbonyl (C=O) groups is 1. The minimum Gasteiger partial charge on any atom is -0.390 e. The van der Waals surface area contributed by atoms with E-state index in [2.05, 4.69) is 79.9 Å². The standard InChI is InChI=1S/C57H107N2O7P/c1-6-8-10-12-14-16-18-20-21-22-23-24-25-26-27-28-29-30-31-32-33-34-35-36-37-38-40-42-44-46-48-50-56(61)58-54(53-66-67(63,64)65-52-51-59(3,4)5)57(62)55(60)49-47-45-43-41-39-19-17-15-13-11-9-7-2/h8,10,14,16,20-21,23-24,41,43,54-55,57,60,62H,6-7,9,11-13,15,17-19,22,25-40,42,44-53H2,1-5H3,(H-,58,61,63,64)/p+1/b10-8-,16-14-,21-20-,24-23-,43-41+. The SMILES string of the molecule is CC/C=C\C/C=C\C/C=C\C/C=C\CCCCCCCCCCCCCCCCCCCCC(=O)NC(COP(=O)(O)OCC[N+](C)(C)C)C(O)C(O)CCC/C=C/CCCCCCCCC. The Balaban J connectivity index is 4.14. The molecule has 0 aliphatic rings. The molecule has 0 aromatic heterocycles. The molecule has 0 saturated heterocycles. The van der Waals surface area contributed by atoms with Gasteiger partial charge in [-0.1, -0.05) is 216 Å². The van der Waals surface area contributed by atoms with Crippen molar-refractivity contribution in [2.75, 3.05) is 40.9 Å². The number of aliphatic hydroxyl groups excluding tert-OH is 2. The Hall–Kier alpha value is -1.84. The van der Waals surface area contributed by atoms with Gasteiger partial charge in [-0.05, 0) is 77.0 Å². The van der Waals surface area contributed by atoms with Gasteiger partial charge < -0.3 is 24.9 Å². The molecule has 4 atom stereocenters. The molecule has 0 radical (unpaired) electrons. The normalized spacial score (nSPS) is 14.9. The first kappa shape index (κ1) is 65.2. The molecule has 0 aromatic carbocycles. The Bertz CT molecular complexity index is 1290. The van der Waals surface area contributed by atoms with Crippen molar-refractivity contribution in [1.29, 1.82) is 0 Å². The predicted molar refractivity (Wildman–Crippen MR) is 287 cm³/mol. The minimum absolute atomic E-state index is 0.0159. The van der Waals surface area contributed by atoms with Crippen molar-refractivity contribution in [2.45, 2.75) is 257 Å². The number of nitrogens with one attached hydrogen (secondary N) is 1. The van der Waals surface area contributed by atoms with E-state index >= 15 is 0 Å². The molecule has 4 N–H and O–H groups in total. The Morgan fingerprint density at radius 3 is 1.37 bits per heavy atom. The lowest BCUT2D eigenvalue weighted by atomic mass is 10.0. The summed E-state index contributed by atoms with van der Waals surface area (Å²) >= 11 is 0. The molecule has 4 unspecified atom stereocenters. The largest absolute Gasteiger partial charge is 0.472 e. The van der Waals surface area contributed by atoms with Crippen LogP contribution in [0.3, 0.4) is 0 Å². The average molecular weight is 964 g/mol. The summed E-state index contributed by atoms with van der Waals surface area (Å²) in [4.78, 5) is 23.3. The number of hydrogen-bond donors (Lipinski definition) is 4. The van der Waals surface area contributed by atoms with Crippen molar-refractivity contribution in [2.24, 2.45) is 0 Å². The number of amides is 1. The number of unbranched alkanes of at least 4 members (excludes halogenated alkanes) is 26. The van der Waals surface area contributed by atoms with Gasteiger partial charge in [-0.15, -0.1) is 0 Å². The lowest BCUT2D eigenvalue weighted by Crippen LogP contribution is -2.51. The number of phosphoric acid groups is 1. The van der Waals surface area contributed by atoms with E-state index in [1.54, 1.807) is 0 Å². The maximum atomic E-state index is 13.0. The number of allylic oxidation sites excluding steroid dienone is 10. The Morgan fingerprint density at radius 1 is 0.537 bits per heavy atom. The van der Waals surface area contributed by atoms with Crippen molar-refractivity contribution in [1.82, 2.24) is 5.32 Å². The predicted octanol–water partition coefficient (Wildman–Crippen LogP) is 15.5. The molecule has 0 spiro atoms. The fourth-order valence-electron chi connectivity index (χ4n) is 7.96. The first-order valence-electron chi connectivity index (χ1n) is 27.7. The maximum absolute atomic E-state index is 13.0. The summed E-state index contributed by atoms with van der Waals surface area (Å²) in [7, 11) is 1.42. The Kier molecular flexibility index (Phi) is 46.5. The van der Waals surface area contributed by atoms with Crippen molar-refractivity contribution < 1.29 is 38.0 Å². The number of likely N-dealkylation sites (N-methyl/N-ethyl adjacent to an activating group) is 1. The number of nitrogens with zero attached hydrogens (tertiary/aromatic N) is 1. The van der Waals surface area contributed by atoms with E-state index < -0.39 is 32.7 Å². The van der Waals surface area contributed by atoms with Crippen molar-refractivity contribution in [3.63, 3.8) is 0 Å². The van der Waals surface area contributed by atoms with E-state index in [0.29, 0.717) is 23.9 Å². The van der Waals surface area contributed by atoms with Crippen LogP contribution in [-0.2, 0) is 18.4 Å². The zero-order chi connectivity index (χ0) is 49.4. The summed E-state index contributed by atoms with van der Waals surface area (Å²) in [6.45, 7) is 4.47. The van der Waals surface area contributed by atoms with E-state index in [4.69, 9.17) is 9.05 Å². The molecule has 0 rings (SSSR count). The number of quaternary nitrogens is 1. The average Bonchev–Trinajstić information content (AvgIpc) is 3.29. The zero-order valence-corrected chi connectivity index (χ0v) is 45.1. The van der Waals surface area contributed by atoms with E-state index in [1.165, 1.54) is 148 Å². The number of phosphoric ester groups is 1. The molecule has 0 fully saturated rings. The second-order valence-corrected chi connectivity index (χ2v) is 21.5. The van der Waals surface area contributed by atoms with Gasteiger partial charge >= 0.3 is 7.82 Å². The molecule has 0 bridgehead atoms. The Labute approximate surface area is 414 Å². The van der Waals surface area contributed by atoms with Crippen LogP contribution in [0.1, 0.15) is 239 Å². The highest BCUT2D eigenvalue weighted by Crippen LogP contribution is 2.43. The summed E-state index contributed by atoms with van der Waals surface area (Å²) in [6, 6.07) is -1.05. The zero-order valence-electron chi connectivity index (χ0n) is 44.2. The van der Waals surface area contributed by atoms with Gasteiger partial charge in [0, 0.05) is 6.42 Å². The topological polar surface area (TPSA) is 125 Å². The number of hydrogen-bond acceptors (Lipinski definition) is 6. The maximum Gasteiger partial charge on any atom is 0.472 e. The second kappa shape index (κ2) is 47.8. The summed E-state index contributed by atoms with van der Waals surface area (Å²) in [6.07, 6.45) is 60.3. The third kappa shape index (κ3) is 49.0. The van der Waals surface area contributed by atoms with Crippen LogP contribution >= 0.6 is 7.82 Å². The quantitative estimate of drug-likeness (QED) is 0.0207. The third-order valence-electron chi connectivity index (χ3n) is 12.3. The highest BCUT2D eigenvalue weighted by atomic mass is 31.2. The van der Waals surface area contributed by atoms with Gasteiger partial charge in [0.25, 0.3) is 0 Å². The molecule has 0 aromatic rings. The van der Waals surface area contributed by atoms with Gasteiger partial charge in [-0.2, -0.15) is 0 Å². The van der Waals surface area contributed by atoms with Gasteiger partial charge in [0.2, 0.25) is 5.91 Å². The number of aliphatic hydroxyl groups is 2. The monoisotopic (exact) mass is 964 g/mol. The van der Waals surface area contributed by atoms with Crippen LogP contribution in [0.5, 0.6) is 0 Å². The van der Waals surface area contributed by atoms with E-state index in [0.717, 1.165) is 57.8 Å². The van der Waals surface area contributed by atoms with Crippen LogP contribution in [0.2, 0.25) is 0 Å². The third-order valence-corrected chi connectivity index (χ3v) is 13.3. The fraction of sp³-hybridized carbons (Fsp3) is 0.807. The van der Waals surface area contributed by atoms with Crippen LogP contribution < -0.4 is 5.32 Å². The second-order valence-electron chi connectivity index (χ2n) is 20.1. The molecular formula is C57H108N2O7P+. The first-order valence-corrected chi connectivity index (χ1v) is 29.2. The highest BCUT2D eigenvalue weighted by molar-refractivity contribution is 7.47. The molecule has 67 heavy (non-hydrogen) atoms. The van der Waals surface area contributed by atoms with E-state index in [9.17, 15) is 24.5 Å². The molecule has 1 amide bonds. The number of carbonyl (C=O) groups excluding carboxylic acids is 1. The number of rotatable bonds is 50. The fourth-order valence-corrected chi connectivity index (χ4v) is 8.69. The molecule has 0 aliphatic carbocycles. The highest BCUT2D eigenvalue weighted by Gasteiger charge is 2.31. The van der Waals surface area contributed by atoms with Crippen molar-refractivity contribution in [3.8, 4) is 0 Å². The van der Waals surface area contributed by atoms with Crippen molar-refractivity contribution >= 4 is 13.7 Å². The molecule has 0 aliphatic heterocycles. The lowest BCUT2D eigenvalue weighted by Gasteiger charge is -2.28. The minimum atomic E-state index is -4.43. The van der Waals surface area contributed by atoms with Crippen LogP contribution in [0, 0.1) is 0 Å². The van der Waals surface area contributed by atoms with Gasteiger partial charge in [0.1, 0.15) is 19.3 Å². The molecule has 10 heteroatoms.